The molecule has 4 heterocycles. The molecule has 2 N–H and O–H groups in total. The molecule has 0 radical (unpaired) electrons. The van der Waals surface area contributed by atoms with Gasteiger partial charge in [-0.05, 0) is 62.6 Å². The molecule has 0 aliphatic carbocycles. The van der Waals surface area contributed by atoms with Crippen LogP contribution < -0.4 is 15.5 Å². The Morgan fingerprint density at radius 1 is 1.00 bits per heavy atom. The van der Waals surface area contributed by atoms with E-state index in [0.717, 1.165) is 41.8 Å². The number of carbonyl (C=O) groups excluding carboxylic acids is 1. The summed E-state index contributed by atoms with van der Waals surface area (Å²) in [6.45, 7) is 3.96. The van der Waals surface area contributed by atoms with Gasteiger partial charge in [-0.1, -0.05) is 5.16 Å². The Labute approximate surface area is 197 Å². The molecular weight excluding hydrogens is 430 g/mol. The average molecular weight is 456 g/mol. The first-order chi connectivity index (χ1) is 16.6. The third-order valence-corrected chi connectivity index (χ3v) is 5.59. The first-order valence-corrected chi connectivity index (χ1v) is 11.3. The number of carbonyl (C=O) groups is 1. The molecule has 1 aromatic carbocycles. The first-order valence-electron chi connectivity index (χ1n) is 11.3. The lowest BCUT2D eigenvalue weighted by atomic mass is 10.1. The largest absolute Gasteiger partial charge is 0.355 e. The van der Waals surface area contributed by atoms with Crippen molar-refractivity contribution in [2.24, 2.45) is 0 Å². The van der Waals surface area contributed by atoms with E-state index in [0.29, 0.717) is 11.4 Å². The van der Waals surface area contributed by atoms with Gasteiger partial charge in [0, 0.05) is 60.2 Å². The summed E-state index contributed by atoms with van der Waals surface area (Å²) < 4.78 is 5.28. The van der Waals surface area contributed by atoms with Crippen molar-refractivity contribution in [2.45, 2.75) is 26.2 Å². The van der Waals surface area contributed by atoms with Crippen LogP contribution in [-0.2, 0) is 0 Å². The highest BCUT2D eigenvalue weighted by Crippen LogP contribution is 2.23. The van der Waals surface area contributed by atoms with Crippen LogP contribution in [-0.4, -0.2) is 39.1 Å². The van der Waals surface area contributed by atoms with Crippen LogP contribution >= 0.6 is 0 Å². The molecule has 1 aliphatic heterocycles. The molecule has 0 spiro atoms. The van der Waals surface area contributed by atoms with Crippen molar-refractivity contribution in [3.63, 3.8) is 0 Å². The molecule has 1 saturated heterocycles. The Morgan fingerprint density at radius 3 is 2.56 bits per heavy atom. The summed E-state index contributed by atoms with van der Waals surface area (Å²) in [7, 11) is 0. The molecule has 0 atom stereocenters. The van der Waals surface area contributed by atoms with E-state index in [-0.39, 0.29) is 11.6 Å². The van der Waals surface area contributed by atoms with E-state index < -0.39 is 0 Å². The highest BCUT2D eigenvalue weighted by Gasteiger charge is 2.16. The third kappa shape index (κ3) is 5.03. The number of benzene rings is 1. The summed E-state index contributed by atoms with van der Waals surface area (Å²) in [5.74, 6) is 1.65. The van der Waals surface area contributed by atoms with E-state index in [9.17, 15) is 4.79 Å². The molecule has 34 heavy (non-hydrogen) atoms. The van der Waals surface area contributed by atoms with E-state index >= 15 is 0 Å². The second-order valence-electron chi connectivity index (χ2n) is 8.22. The molecule has 5 rings (SSSR count). The summed E-state index contributed by atoms with van der Waals surface area (Å²) in [5, 5.41) is 10.0. The SMILES string of the molecule is Cc1cc(Nc2ccc(NC(=O)c3cc(-c4cccnc4)on3)cc2)nc(N2CCCCC2)n1. The van der Waals surface area contributed by atoms with Crippen LogP contribution in [0.2, 0.25) is 0 Å². The molecule has 0 unspecified atom stereocenters. The minimum Gasteiger partial charge on any atom is -0.355 e. The van der Waals surface area contributed by atoms with Gasteiger partial charge in [-0.25, -0.2) is 4.98 Å². The molecule has 0 saturated carbocycles. The van der Waals surface area contributed by atoms with Crippen LogP contribution in [0.4, 0.5) is 23.1 Å². The van der Waals surface area contributed by atoms with Crippen molar-refractivity contribution in [1.29, 1.82) is 0 Å². The molecule has 4 aromatic rings. The van der Waals surface area contributed by atoms with Gasteiger partial charge in [0.05, 0.1) is 0 Å². The maximum Gasteiger partial charge on any atom is 0.277 e. The van der Waals surface area contributed by atoms with Gasteiger partial charge in [0.2, 0.25) is 5.95 Å². The van der Waals surface area contributed by atoms with Gasteiger partial charge < -0.3 is 20.1 Å². The number of aromatic nitrogens is 4. The van der Waals surface area contributed by atoms with Gasteiger partial charge in [0.25, 0.3) is 5.91 Å². The van der Waals surface area contributed by atoms with Crippen molar-refractivity contribution in [3.8, 4) is 11.3 Å². The van der Waals surface area contributed by atoms with Crippen LogP contribution in [0.1, 0.15) is 35.4 Å². The summed E-state index contributed by atoms with van der Waals surface area (Å²) in [4.78, 5) is 28.2. The Morgan fingerprint density at radius 2 is 1.79 bits per heavy atom. The number of aryl methyl sites for hydroxylation is 1. The lowest BCUT2D eigenvalue weighted by molar-refractivity contribution is 0.101. The number of pyridine rings is 1. The summed E-state index contributed by atoms with van der Waals surface area (Å²) in [6, 6.07) is 14.6. The molecule has 9 heteroatoms. The van der Waals surface area contributed by atoms with Gasteiger partial charge in [-0.2, -0.15) is 4.98 Å². The second kappa shape index (κ2) is 9.70. The maximum atomic E-state index is 12.6. The summed E-state index contributed by atoms with van der Waals surface area (Å²) in [5.41, 5.74) is 3.38. The molecule has 9 nitrogen and oxygen atoms in total. The minimum atomic E-state index is -0.350. The predicted octanol–water partition coefficient (Wildman–Crippen LogP) is 4.82. The molecule has 1 fully saturated rings. The fourth-order valence-electron chi connectivity index (χ4n) is 3.86. The van der Waals surface area contributed by atoms with Gasteiger partial charge in [-0.15, -0.1) is 0 Å². The molecule has 0 bridgehead atoms. The molecule has 3 aromatic heterocycles. The second-order valence-corrected chi connectivity index (χ2v) is 8.22. The number of amides is 1. The minimum absolute atomic E-state index is 0.197. The van der Waals surface area contributed by atoms with Crippen LogP contribution in [0.5, 0.6) is 0 Å². The van der Waals surface area contributed by atoms with Crippen LogP contribution in [0, 0.1) is 6.92 Å². The highest BCUT2D eigenvalue weighted by molar-refractivity contribution is 6.03. The van der Waals surface area contributed by atoms with E-state index in [2.05, 4.69) is 30.7 Å². The van der Waals surface area contributed by atoms with Crippen LogP contribution in [0.15, 0.2) is 65.4 Å². The fourth-order valence-corrected chi connectivity index (χ4v) is 3.86. The molecule has 172 valence electrons. The van der Waals surface area contributed by atoms with E-state index in [1.54, 1.807) is 24.5 Å². The fraction of sp³-hybridized carbons (Fsp3) is 0.240. The highest BCUT2D eigenvalue weighted by atomic mass is 16.5. The van der Waals surface area contributed by atoms with Gasteiger partial charge in [-0.3, -0.25) is 9.78 Å². The van der Waals surface area contributed by atoms with Gasteiger partial charge in [0.1, 0.15) is 5.82 Å². The zero-order valence-electron chi connectivity index (χ0n) is 18.9. The topological polar surface area (TPSA) is 109 Å². The van der Waals surface area contributed by atoms with Gasteiger partial charge in [0.15, 0.2) is 11.5 Å². The average Bonchev–Trinajstić information content (AvgIpc) is 3.37. The van der Waals surface area contributed by atoms with Crippen molar-refractivity contribution in [3.05, 3.63) is 72.3 Å². The van der Waals surface area contributed by atoms with Crippen molar-refractivity contribution >= 4 is 29.0 Å². The molecular formula is C25H25N7O2. The monoisotopic (exact) mass is 455 g/mol. The predicted molar refractivity (Wildman–Crippen MR) is 130 cm³/mol. The zero-order valence-corrected chi connectivity index (χ0v) is 18.9. The van der Waals surface area contributed by atoms with Crippen LogP contribution in [0.25, 0.3) is 11.3 Å². The van der Waals surface area contributed by atoms with Gasteiger partial charge >= 0.3 is 0 Å². The summed E-state index contributed by atoms with van der Waals surface area (Å²) >= 11 is 0. The number of rotatable bonds is 6. The van der Waals surface area contributed by atoms with E-state index in [1.165, 1.54) is 19.3 Å². The number of hydrogen-bond donors (Lipinski definition) is 2. The number of hydrogen-bond acceptors (Lipinski definition) is 8. The number of nitrogens with zero attached hydrogens (tertiary/aromatic N) is 5. The zero-order chi connectivity index (χ0) is 23.3. The lowest BCUT2D eigenvalue weighted by Gasteiger charge is -2.27. The number of piperidine rings is 1. The van der Waals surface area contributed by atoms with Crippen molar-refractivity contribution < 1.29 is 9.32 Å². The van der Waals surface area contributed by atoms with Crippen molar-refractivity contribution in [2.75, 3.05) is 28.6 Å². The lowest BCUT2D eigenvalue weighted by Crippen LogP contribution is -2.31. The summed E-state index contributed by atoms with van der Waals surface area (Å²) in [6.07, 6.45) is 6.94. The Bertz CT molecular complexity index is 1270. The standard InChI is InChI=1S/C25H25N7O2/c1-17-14-23(30-25(27-17)32-12-3-2-4-13-32)28-19-7-9-20(10-8-19)29-24(33)21-15-22(34-31-21)18-6-5-11-26-16-18/h5-11,14-16H,2-4,12-13H2,1H3,(H,29,33)(H,27,28,30). The maximum absolute atomic E-state index is 12.6. The number of nitrogens with one attached hydrogen (secondary N) is 2. The van der Waals surface area contributed by atoms with E-state index in [4.69, 9.17) is 9.51 Å². The smallest absolute Gasteiger partial charge is 0.277 e. The Kier molecular flexibility index (Phi) is 6.15. The number of anilines is 4. The van der Waals surface area contributed by atoms with E-state index in [1.807, 2.05) is 43.3 Å². The first kappa shape index (κ1) is 21.6. The normalized spacial score (nSPS) is 13.5. The Hall–Kier alpha value is -4.27. The molecule has 1 amide bonds. The Balaban J connectivity index is 1.23. The molecule has 1 aliphatic rings. The third-order valence-electron chi connectivity index (χ3n) is 5.59. The van der Waals surface area contributed by atoms with Crippen LogP contribution in [0.3, 0.4) is 0 Å². The quantitative estimate of drug-likeness (QED) is 0.426. The van der Waals surface area contributed by atoms with Crippen molar-refractivity contribution in [1.82, 2.24) is 20.1 Å².